The van der Waals surface area contributed by atoms with Gasteiger partial charge in [-0.1, -0.05) is 28.6 Å². The lowest BCUT2D eigenvalue weighted by Gasteiger charge is -2.30. The molecule has 0 aromatic heterocycles. The zero-order valence-corrected chi connectivity index (χ0v) is 12.1. The van der Waals surface area contributed by atoms with Crippen LogP contribution in [0.2, 0.25) is 0 Å². The van der Waals surface area contributed by atoms with Gasteiger partial charge in [-0.3, -0.25) is 14.5 Å². The minimum atomic E-state index is -0.567. The number of halogens is 1. The smallest absolute Gasteiger partial charge is 0.297 e. The molecular weight excluding hydrogens is 308 g/mol. The highest BCUT2D eigenvalue weighted by molar-refractivity contribution is 9.12. The summed E-state index contributed by atoms with van der Waals surface area (Å²) in [5.74, 6) is -1.09. The van der Waals surface area contributed by atoms with E-state index >= 15 is 0 Å². The standard InChI is InChI=1S/C14H13BrN2O2/c1-2-17-4-3-9-10(7-17)12-6-8(5-11(9)15)13(18)14(19)16-12/h5H,2-4,7H2,1H3,(H,16,19). The maximum atomic E-state index is 11.7. The average molecular weight is 321 g/mol. The Morgan fingerprint density at radius 1 is 1.42 bits per heavy atom. The normalized spacial score (nSPS) is 23.2. The van der Waals surface area contributed by atoms with Crippen molar-refractivity contribution in [1.29, 1.82) is 0 Å². The van der Waals surface area contributed by atoms with Crippen molar-refractivity contribution in [2.75, 3.05) is 19.6 Å². The average Bonchev–Trinajstić information content (AvgIpc) is 2.53. The van der Waals surface area contributed by atoms with Gasteiger partial charge in [0.15, 0.2) is 0 Å². The summed E-state index contributed by atoms with van der Waals surface area (Å²) in [7, 11) is 0. The zero-order valence-electron chi connectivity index (χ0n) is 10.5. The maximum Gasteiger partial charge on any atom is 0.297 e. The Labute approximate surface area is 119 Å². The van der Waals surface area contributed by atoms with Crippen LogP contribution in [0.3, 0.4) is 0 Å². The number of fused-ring (bicyclic) bond motifs is 1. The van der Waals surface area contributed by atoms with Crippen LogP contribution in [0.25, 0.3) is 0 Å². The molecule has 0 aromatic carbocycles. The molecule has 5 heteroatoms. The van der Waals surface area contributed by atoms with Crippen LogP contribution >= 0.6 is 15.9 Å². The van der Waals surface area contributed by atoms with E-state index in [4.69, 9.17) is 0 Å². The van der Waals surface area contributed by atoms with Crippen molar-refractivity contribution in [3.63, 3.8) is 0 Å². The maximum absolute atomic E-state index is 11.7. The first-order valence-electron chi connectivity index (χ1n) is 6.29. The van der Waals surface area contributed by atoms with Crippen molar-refractivity contribution in [2.45, 2.75) is 13.3 Å². The molecule has 3 rings (SSSR count). The minimum absolute atomic E-state index is 0.336. The predicted octanol–water partition coefficient (Wildman–Crippen LogP) is 1.41. The Kier molecular flexibility index (Phi) is 3.05. The summed E-state index contributed by atoms with van der Waals surface area (Å²) in [6.45, 7) is 4.85. The van der Waals surface area contributed by atoms with Gasteiger partial charge >= 0.3 is 0 Å². The lowest BCUT2D eigenvalue weighted by Crippen LogP contribution is -2.38. The number of rotatable bonds is 1. The lowest BCUT2D eigenvalue weighted by atomic mass is 9.97. The molecule has 98 valence electrons. The van der Waals surface area contributed by atoms with Gasteiger partial charge in [-0.15, -0.1) is 0 Å². The van der Waals surface area contributed by atoms with Crippen LogP contribution in [-0.2, 0) is 9.59 Å². The molecule has 2 aliphatic heterocycles. The lowest BCUT2D eigenvalue weighted by molar-refractivity contribution is -0.135. The molecule has 0 saturated carbocycles. The third-order valence-electron chi connectivity index (χ3n) is 3.68. The number of carbonyl (C=O) groups is 2. The van der Waals surface area contributed by atoms with Crippen molar-refractivity contribution in [2.24, 2.45) is 0 Å². The van der Waals surface area contributed by atoms with E-state index < -0.39 is 11.7 Å². The van der Waals surface area contributed by atoms with Gasteiger partial charge in [0, 0.05) is 23.1 Å². The van der Waals surface area contributed by atoms with Crippen molar-refractivity contribution in [1.82, 2.24) is 10.2 Å². The van der Waals surface area contributed by atoms with Gasteiger partial charge in [0.1, 0.15) is 0 Å². The summed E-state index contributed by atoms with van der Waals surface area (Å²) in [6, 6.07) is 0. The van der Waals surface area contributed by atoms with Crippen LogP contribution in [0, 0.1) is 0 Å². The number of amides is 1. The number of nitrogens with one attached hydrogen (secondary N) is 1. The van der Waals surface area contributed by atoms with Crippen LogP contribution in [-0.4, -0.2) is 36.2 Å². The Balaban J connectivity index is 2.13. The Morgan fingerprint density at radius 3 is 2.95 bits per heavy atom. The molecule has 2 bridgehead atoms. The molecule has 0 atom stereocenters. The van der Waals surface area contributed by atoms with Gasteiger partial charge in [-0.2, -0.15) is 0 Å². The molecule has 2 heterocycles. The van der Waals surface area contributed by atoms with Crippen LogP contribution in [0.4, 0.5) is 0 Å². The molecule has 19 heavy (non-hydrogen) atoms. The first kappa shape index (κ1) is 12.6. The fourth-order valence-corrected chi connectivity index (χ4v) is 3.23. The Bertz CT molecular complexity index is 621. The third kappa shape index (κ3) is 2.04. The van der Waals surface area contributed by atoms with Crippen LogP contribution in [0.5, 0.6) is 0 Å². The Morgan fingerprint density at radius 2 is 2.21 bits per heavy atom. The molecule has 4 nitrogen and oxygen atoms in total. The summed E-state index contributed by atoms with van der Waals surface area (Å²) in [6.07, 6.45) is 2.62. The minimum Gasteiger partial charge on any atom is -0.312 e. The number of hydrogen-bond acceptors (Lipinski definition) is 3. The van der Waals surface area contributed by atoms with Crippen molar-refractivity contribution < 1.29 is 9.59 Å². The largest absolute Gasteiger partial charge is 0.312 e. The number of likely N-dealkylation sites (N-methyl/N-ethyl adjacent to an activating group) is 1. The van der Waals surface area contributed by atoms with Gasteiger partial charge < -0.3 is 5.32 Å². The van der Waals surface area contributed by atoms with Gasteiger partial charge in [-0.05, 0) is 24.6 Å². The molecular formula is C14H13BrN2O2. The monoisotopic (exact) mass is 320 g/mol. The molecule has 0 aromatic rings. The molecule has 0 spiro atoms. The van der Waals surface area contributed by atoms with Gasteiger partial charge in [0.2, 0.25) is 0 Å². The molecule has 3 aliphatic rings. The van der Waals surface area contributed by atoms with Crippen molar-refractivity contribution in [3.05, 3.63) is 38.7 Å². The molecule has 1 amide bonds. The summed E-state index contributed by atoms with van der Waals surface area (Å²) >= 11 is 3.53. The molecule has 0 unspecified atom stereocenters. The Hall–Kier alpha value is -1.42. The molecule has 1 aliphatic carbocycles. The first-order chi connectivity index (χ1) is 9.10. The van der Waals surface area contributed by atoms with Gasteiger partial charge in [0.05, 0.1) is 11.3 Å². The molecule has 0 radical (unpaired) electrons. The van der Waals surface area contributed by atoms with Crippen molar-refractivity contribution in [3.8, 4) is 0 Å². The zero-order chi connectivity index (χ0) is 13.6. The van der Waals surface area contributed by atoms with E-state index in [-0.39, 0.29) is 0 Å². The highest BCUT2D eigenvalue weighted by atomic mass is 79.9. The predicted molar refractivity (Wildman–Crippen MR) is 74.5 cm³/mol. The fourth-order valence-electron chi connectivity index (χ4n) is 2.56. The van der Waals surface area contributed by atoms with Crippen molar-refractivity contribution >= 4 is 27.6 Å². The van der Waals surface area contributed by atoms with Gasteiger partial charge in [-0.25, -0.2) is 0 Å². The second-order valence-corrected chi connectivity index (χ2v) is 5.62. The number of Topliss-reactive ketones (excluding diaryl/α,β-unsaturated/α-hetero) is 1. The number of allylic oxidation sites excluding steroid dienone is 2. The summed E-state index contributed by atoms with van der Waals surface area (Å²) in [5.41, 5.74) is 6.24. The van der Waals surface area contributed by atoms with E-state index in [9.17, 15) is 9.59 Å². The highest BCUT2D eigenvalue weighted by Crippen LogP contribution is 2.34. The number of carbonyl (C=O) groups excluding carboxylic acids is 2. The second kappa shape index (κ2) is 4.60. The van der Waals surface area contributed by atoms with Crippen LogP contribution < -0.4 is 5.32 Å². The summed E-state index contributed by atoms with van der Waals surface area (Å²) in [4.78, 5) is 25.7. The van der Waals surface area contributed by atoms with Crippen LogP contribution in [0.15, 0.2) is 38.7 Å². The van der Waals surface area contributed by atoms with E-state index in [0.717, 1.165) is 41.7 Å². The molecule has 0 saturated heterocycles. The van der Waals surface area contributed by atoms with E-state index in [2.05, 4.69) is 38.8 Å². The summed E-state index contributed by atoms with van der Waals surface area (Å²) < 4.78 is 0.889. The van der Waals surface area contributed by atoms with Crippen LogP contribution in [0.1, 0.15) is 13.3 Å². The fraction of sp³-hybridized carbons (Fsp3) is 0.357. The number of nitrogens with zero attached hydrogens (tertiary/aromatic N) is 1. The highest BCUT2D eigenvalue weighted by Gasteiger charge is 2.31. The molecule has 1 N–H and O–H groups in total. The number of hydrogen-bond donors (Lipinski definition) is 1. The van der Waals surface area contributed by atoms with Gasteiger partial charge in [0.25, 0.3) is 11.7 Å². The van der Waals surface area contributed by atoms with E-state index in [1.165, 1.54) is 0 Å². The van der Waals surface area contributed by atoms with E-state index in [0.29, 0.717) is 11.3 Å². The SMILES string of the molecule is CCN1CCC2=C(C1)C1=C=C(C=C2Br)C(=O)C(=O)N1. The molecule has 0 fully saturated rings. The quantitative estimate of drug-likeness (QED) is 0.587. The third-order valence-corrected chi connectivity index (χ3v) is 4.39. The first-order valence-corrected chi connectivity index (χ1v) is 7.08. The van der Waals surface area contributed by atoms with E-state index in [1.807, 2.05) is 0 Å². The number of ketones is 1. The second-order valence-electron chi connectivity index (χ2n) is 4.77. The topological polar surface area (TPSA) is 49.4 Å². The van der Waals surface area contributed by atoms with E-state index in [1.54, 1.807) is 6.08 Å². The summed E-state index contributed by atoms with van der Waals surface area (Å²) in [5, 5.41) is 2.66.